The van der Waals surface area contributed by atoms with Gasteiger partial charge in [-0.25, -0.2) is 0 Å². The van der Waals surface area contributed by atoms with Gasteiger partial charge in [0.25, 0.3) is 0 Å². The first-order chi connectivity index (χ1) is 8.65. The zero-order valence-corrected chi connectivity index (χ0v) is 12.4. The average Bonchev–Trinajstić information content (AvgIpc) is 2.38. The van der Waals surface area contributed by atoms with Gasteiger partial charge in [-0.05, 0) is 19.3 Å². The zero-order chi connectivity index (χ0) is 13.8. The second-order valence-corrected chi connectivity index (χ2v) is 5.04. The summed E-state index contributed by atoms with van der Waals surface area (Å²) in [7, 11) is 0. The summed E-state index contributed by atoms with van der Waals surface area (Å²) in [6, 6.07) is 0. The normalized spacial score (nSPS) is 11.9. The number of hydrogen-bond donors (Lipinski definition) is 0. The summed E-state index contributed by atoms with van der Waals surface area (Å²) in [6.07, 6.45) is 2.40. The molecular formula is C13H24O4S. The van der Waals surface area contributed by atoms with Gasteiger partial charge in [-0.2, -0.15) is 0 Å². The van der Waals surface area contributed by atoms with E-state index in [1.165, 1.54) is 11.8 Å². The van der Waals surface area contributed by atoms with E-state index in [1.807, 2.05) is 20.8 Å². The Labute approximate surface area is 114 Å². The molecule has 0 heterocycles. The molecule has 0 aromatic heterocycles. The summed E-state index contributed by atoms with van der Waals surface area (Å²) >= 11 is 1.43. The molecule has 4 nitrogen and oxygen atoms in total. The number of carbonyl (C=O) groups excluding carboxylic acids is 2. The molecule has 5 heteroatoms. The fourth-order valence-corrected chi connectivity index (χ4v) is 2.24. The minimum absolute atomic E-state index is 0.125. The van der Waals surface area contributed by atoms with Gasteiger partial charge in [0, 0.05) is 5.75 Å². The second kappa shape index (κ2) is 11.4. The maximum Gasteiger partial charge on any atom is 0.315 e. The van der Waals surface area contributed by atoms with Gasteiger partial charge in [0.1, 0.15) is 0 Å². The minimum Gasteiger partial charge on any atom is -0.465 e. The van der Waals surface area contributed by atoms with E-state index in [2.05, 4.69) is 0 Å². The first kappa shape index (κ1) is 17.3. The van der Waals surface area contributed by atoms with Crippen LogP contribution in [0.3, 0.4) is 0 Å². The quantitative estimate of drug-likeness (QED) is 0.574. The van der Waals surface area contributed by atoms with Gasteiger partial charge in [0.15, 0.2) is 0 Å². The van der Waals surface area contributed by atoms with Crippen LogP contribution in [0.25, 0.3) is 0 Å². The molecular weight excluding hydrogens is 252 g/mol. The third-order valence-corrected chi connectivity index (χ3v) is 3.36. The maximum atomic E-state index is 11.6. The summed E-state index contributed by atoms with van der Waals surface area (Å²) < 4.78 is 10.1. The van der Waals surface area contributed by atoms with Crippen LogP contribution in [0.1, 0.15) is 40.0 Å². The molecule has 106 valence electrons. The third-order valence-electron chi connectivity index (χ3n) is 2.28. The van der Waals surface area contributed by atoms with Crippen molar-refractivity contribution in [1.82, 2.24) is 0 Å². The van der Waals surface area contributed by atoms with Gasteiger partial charge in [-0.3, -0.25) is 9.59 Å². The lowest BCUT2D eigenvalue weighted by atomic mass is 10.1. The average molecular weight is 276 g/mol. The van der Waals surface area contributed by atoms with E-state index in [0.29, 0.717) is 24.7 Å². The Morgan fingerprint density at radius 2 is 1.67 bits per heavy atom. The standard InChI is InChI=1S/C13H24O4S/c1-4-7-16-12(14)10-18-9-11(6-3)13(15)17-8-5-2/h11H,4-10H2,1-3H3. The van der Waals surface area contributed by atoms with Crippen LogP contribution in [0.5, 0.6) is 0 Å². The van der Waals surface area contributed by atoms with Crippen LogP contribution in [-0.2, 0) is 19.1 Å². The summed E-state index contributed by atoms with van der Waals surface area (Å²) in [4.78, 5) is 22.9. The van der Waals surface area contributed by atoms with Crippen molar-refractivity contribution in [2.24, 2.45) is 5.92 Å². The van der Waals surface area contributed by atoms with Gasteiger partial charge in [-0.15, -0.1) is 11.8 Å². The van der Waals surface area contributed by atoms with Crippen LogP contribution < -0.4 is 0 Å². The first-order valence-corrected chi connectivity index (χ1v) is 7.71. The number of thioether (sulfide) groups is 1. The Kier molecular flexibility index (Phi) is 10.9. The summed E-state index contributed by atoms with van der Waals surface area (Å²) in [5.74, 6) is 0.422. The topological polar surface area (TPSA) is 52.6 Å². The number of hydrogen-bond acceptors (Lipinski definition) is 5. The molecule has 1 atom stereocenters. The van der Waals surface area contributed by atoms with Crippen molar-refractivity contribution < 1.29 is 19.1 Å². The van der Waals surface area contributed by atoms with Crippen LogP contribution in [0, 0.1) is 5.92 Å². The van der Waals surface area contributed by atoms with Crippen LogP contribution in [0.15, 0.2) is 0 Å². The Morgan fingerprint density at radius 1 is 1.06 bits per heavy atom. The Morgan fingerprint density at radius 3 is 2.22 bits per heavy atom. The monoisotopic (exact) mass is 276 g/mol. The number of rotatable bonds is 10. The fourth-order valence-electron chi connectivity index (χ4n) is 1.22. The predicted molar refractivity (Wildman–Crippen MR) is 73.6 cm³/mol. The highest BCUT2D eigenvalue weighted by Crippen LogP contribution is 2.14. The summed E-state index contributed by atoms with van der Waals surface area (Å²) in [5.41, 5.74) is 0. The molecule has 0 radical (unpaired) electrons. The van der Waals surface area contributed by atoms with Gasteiger partial charge in [-0.1, -0.05) is 20.8 Å². The molecule has 18 heavy (non-hydrogen) atoms. The van der Waals surface area contributed by atoms with Crippen molar-refractivity contribution in [3.63, 3.8) is 0 Å². The van der Waals surface area contributed by atoms with Crippen molar-refractivity contribution >= 4 is 23.7 Å². The second-order valence-electron chi connectivity index (χ2n) is 4.01. The molecule has 0 aromatic rings. The molecule has 0 rings (SSSR count). The fraction of sp³-hybridized carbons (Fsp3) is 0.846. The largest absolute Gasteiger partial charge is 0.465 e. The van der Waals surface area contributed by atoms with E-state index in [-0.39, 0.29) is 17.9 Å². The molecule has 1 unspecified atom stereocenters. The molecule has 0 aromatic carbocycles. The van der Waals surface area contributed by atoms with Gasteiger partial charge >= 0.3 is 11.9 Å². The highest BCUT2D eigenvalue weighted by molar-refractivity contribution is 7.99. The van der Waals surface area contributed by atoms with E-state index >= 15 is 0 Å². The smallest absolute Gasteiger partial charge is 0.315 e. The Hall–Kier alpha value is -0.710. The molecule has 0 saturated heterocycles. The maximum absolute atomic E-state index is 11.6. The lowest BCUT2D eigenvalue weighted by molar-refractivity contribution is -0.148. The Bertz CT molecular complexity index is 243. The molecule has 0 saturated carbocycles. The highest BCUT2D eigenvalue weighted by atomic mass is 32.2. The molecule has 0 bridgehead atoms. The van der Waals surface area contributed by atoms with E-state index in [1.54, 1.807) is 0 Å². The number of esters is 2. The summed E-state index contributed by atoms with van der Waals surface area (Å²) in [6.45, 7) is 6.81. The van der Waals surface area contributed by atoms with Crippen LogP contribution >= 0.6 is 11.8 Å². The third kappa shape index (κ3) is 8.39. The van der Waals surface area contributed by atoms with Gasteiger partial charge in [0.05, 0.1) is 24.9 Å². The minimum atomic E-state index is -0.210. The lowest BCUT2D eigenvalue weighted by Gasteiger charge is -2.13. The molecule has 0 aliphatic heterocycles. The lowest BCUT2D eigenvalue weighted by Crippen LogP contribution is -2.20. The van der Waals surface area contributed by atoms with Crippen molar-refractivity contribution in [3.05, 3.63) is 0 Å². The molecule has 0 fully saturated rings. The zero-order valence-electron chi connectivity index (χ0n) is 11.6. The van der Waals surface area contributed by atoms with Crippen molar-refractivity contribution in [1.29, 1.82) is 0 Å². The van der Waals surface area contributed by atoms with Crippen LogP contribution in [-0.4, -0.2) is 36.7 Å². The number of ether oxygens (including phenoxy) is 2. The van der Waals surface area contributed by atoms with Crippen molar-refractivity contribution in [2.45, 2.75) is 40.0 Å². The molecule has 0 aliphatic carbocycles. The van der Waals surface area contributed by atoms with E-state index in [9.17, 15) is 9.59 Å². The first-order valence-electron chi connectivity index (χ1n) is 6.55. The molecule has 0 amide bonds. The summed E-state index contributed by atoms with van der Waals surface area (Å²) in [5, 5.41) is 0. The van der Waals surface area contributed by atoms with Gasteiger partial charge in [0.2, 0.25) is 0 Å². The van der Waals surface area contributed by atoms with E-state index < -0.39 is 0 Å². The van der Waals surface area contributed by atoms with E-state index in [4.69, 9.17) is 9.47 Å². The molecule has 0 N–H and O–H groups in total. The molecule has 0 spiro atoms. The van der Waals surface area contributed by atoms with Crippen LogP contribution in [0.2, 0.25) is 0 Å². The Balaban J connectivity index is 3.79. The van der Waals surface area contributed by atoms with Crippen molar-refractivity contribution in [3.8, 4) is 0 Å². The highest BCUT2D eigenvalue weighted by Gasteiger charge is 2.18. The molecule has 0 aliphatic rings. The SMILES string of the molecule is CCCOC(=O)CSCC(CC)C(=O)OCCC. The van der Waals surface area contributed by atoms with E-state index in [0.717, 1.165) is 19.3 Å². The van der Waals surface area contributed by atoms with Crippen LogP contribution in [0.4, 0.5) is 0 Å². The predicted octanol–water partition coefficient (Wildman–Crippen LogP) is 2.65. The van der Waals surface area contributed by atoms with Crippen molar-refractivity contribution in [2.75, 3.05) is 24.7 Å². The number of carbonyl (C=O) groups is 2. The van der Waals surface area contributed by atoms with Gasteiger partial charge < -0.3 is 9.47 Å².